The van der Waals surface area contributed by atoms with Crippen LogP contribution in [0.4, 0.5) is 4.79 Å². The van der Waals surface area contributed by atoms with E-state index in [1.165, 1.54) is 32.1 Å². The lowest BCUT2D eigenvalue weighted by Crippen LogP contribution is -2.46. The van der Waals surface area contributed by atoms with Crippen LogP contribution in [0.5, 0.6) is 0 Å². The molecule has 1 aliphatic heterocycles. The Kier molecular flexibility index (Phi) is 4.66. The summed E-state index contributed by atoms with van der Waals surface area (Å²) in [5.74, 6) is -0.609. The number of nitrogens with zero attached hydrogens (tertiary/aromatic N) is 1. The molecule has 0 bridgehead atoms. The first-order valence-electron chi connectivity index (χ1n) is 7.36. The van der Waals surface area contributed by atoms with Crippen LogP contribution in [-0.2, 0) is 4.79 Å². The molecule has 19 heavy (non-hydrogen) atoms. The number of carboxylic acids is 1. The SMILES string of the molecule is CC(NC(=O)N1CCC(C(=O)O)C1)C1CCCCC1. The minimum atomic E-state index is -0.796. The van der Waals surface area contributed by atoms with Crippen molar-refractivity contribution in [2.24, 2.45) is 11.8 Å². The van der Waals surface area contributed by atoms with Gasteiger partial charge in [0.25, 0.3) is 0 Å². The predicted octanol–water partition coefficient (Wildman–Crippen LogP) is 2.07. The van der Waals surface area contributed by atoms with Gasteiger partial charge in [0.2, 0.25) is 0 Å². The van der Waals surface area contributed by atoms with Gasteiger partial charge < -0.3 is 15.3 Å². The summed E-state index contributed by atoms with van der Waals surface area (Å²) in [6.45, 7) is 2.97. The first kappa shape index (κ1) is 14.2. The van der Waals surface area contributed by atoms with Crippen LogP contribution in [0.1, 0.15) is 45.4 Å². The van der Waals surface area contributed by atoms with Gasteiger partial charge in [0.05, 0.1) is 5.92 Å². The zero-order valence-corrected chi connectivity index (χ0v) is 11.6. The minimum Gasteiger partial charge on any atom is -0.481 e. The molecule has 1 aliphatic carbocycles. The van der Waals surface area contributed by atoms with E-state index >= 15 is 0 Å². The Hall–Kier alpha value is -1.26. The lowest BCUT2D eigenvalue weighted by Gasteiger charge is -2.29. The Morgan fingerprint density at radius 1 is 1.21 bits per heavy atom. The standard InChI is InChI=1S/C14H24N2O3/c1-10(11-5-3-2-4-6-11)15-14(19)16-8-7-12(9-16)13(17)18/h10-12H,2-9H2,1H3,(H,15,19)(H,17,18). The lowest BCUT2D eigenvalue weighted by molar-refractivity contribution is -0.141. The molecule has 1 saturated heterocycles. The number of aliphatic carboxylic acids is 1. The summed E-state index contributed by atoms with van der Waals surface area (Å²) >= 11 is 0. The smallest absolute Gasteiger partial charge is 0.317 e. The fourth-order valence-corrected chi connectivity index (χ4v) is 3.18. The van der Waals surface area contributed by atoms with Crippen LogP contribution in [0.2, 0.25) is 0 Å². The van der Waals surface area contributed by atoms with Crippen molar-refractivity contribution in [2.75, 3.05) is 13.1 Å². The van der Waals surface area contributed by atoms with E-state index < -0.39 is 11.9 Å². The maximum absolute atomic E-state index is 12.1. The maximum Gasteiger partial charge on any atom is 0.317 e. The second kappa shape index (κ2) is 6.26. The fraction of sp³-hybridized carbons (Fsp3) is 0.857. The molecular formula is C14H24N2O3. The Balaban J connectivity index is 1.79. The van der Waals surface area contributed by atoms with E-state index in [4.69, 9.17) is 5.11 Å². The molecule has 2 N–H and O–H groups in total. The van der Waals surface area contributed by atoms with Gasteiger partial charge in [-0.25, -0.2) is 4.79 Å². The zero-order chi connectivity index (χ0) is 13.8. The number of likely N-dealkylation sites (tertiary alicyclic amines) is 1. The molecule has 1 heterocycles. The molecule has 1 saturated carbocycles. The molecule has 2 atom stereocenters. The molecular weight excluding hydrogens is 244 g/mol. The summed E-state index contributed by atoms with van der Waals surface area (Å²) in [7, 11) is 0. The third-order valence-corrected chi connectivity index (χ3v) is 4.53. The third-order valence-electron chi connectivity index (χ3n) is 4.53. The van der Waals surface area contributed by atoms with Gasteiger partial charge in [0, 0.05) is 19.1 Å². The van der Waals surface area contributed by atoms with Crippen LogP contribution >= 0.6 is 0 Å². The van der Waals surface area contributed by atoms with Crippen LogP contribution in [0.25, 0.3) is 0 Å². The van der Waals surface area contributed by atoms with E-state index in [1.807, 2.05) is 0 Å². The molecule has 0 aromatic rings. The van der Waals surface area contributed by atoms with Gasteiger partial charge >= 0.3 is 12.0 Å². The van der Waals surface area contributed by atoms with E-state index in [2.05, 4.69) is 12.2 Å². The van der Waals surface area contributed by atoms with Crippen LogP contribution in [0, 0.1) is 11.8 Å². The van der Waals surface area contributed by atoms with Crippen LogP contribution < -0.4 is 5.32 Å². The van der Waals surface area contributed by atoms with Gasteiger partial charge in [0.1, 0.15) is 0 Å². The first-order valence-corrected chi connectivity index (χ1v) is 7.36. The molecule has 2 fully saturated rings. The minimum absolute atomic E-state index is 0.0955. The van der Waals surface area contributed by atoms with E-state index in [-0.39, 0.29) is 12.1 Å². The molecule has 0 aromatic heterocycles. The number of carbonyl (C=O) groups excluding carboxylic acids is 1. The number of hydrogen-bond acceptors (Lipinski definition) is 2. The average molecular weight is 268 g/mol. The zero-order valence-electron chi connectivity index (χ0n) is 11.6. The highest BCUT2D eigenvalue weighted by Gasteiger charge is 2.32. The molecule has 108 valence electrons. The highest BCUT2D eigenvalue weighted by atomic mass is 16.4. The fourth-order valence-electron chi connectivity index (χ4n) is 3.18. The van der Waals surface area contributed by atoms with Gasteiger partial charge in [-0.3, -0.25) is 4.79 Å². The molecule has 2 rings (SSSR count). The summed E-state index contributed by atoms with van der Waals surface area (Å²) in [4.78, 5) is 24.6. The average Bonchev–Trinajstić information content (AvgIpc) is 2.89. The summed E-state index contributed by atoms with van der Waals surface area (Å²) in [5.41, 5.74) is 0. The Labute approximate surface area is 114 Å². The van der Waals surface area contributed by atoms with Crippen molar-refractivity contribution in [1.82, 2.24) is 10.2 Å². The van der Waals surface area contributed by atoms with Crippen molar-refractivity contribution in [3.63, 3.8) is 0 Å². The lowest BCUT2D eigenvalue weighted by atomic mass is 9.84. The van der Waals surface area contributed by atoms with Crippen molar-refractivity contribution >= 4 is 12.0 Å². The van der Waals surface area contributed by atoms with Crippen molar-refractivity contribution in [1.29, 1.82) is 0 Å². The molecule has 5 nitrogen and oxygen atoms in total. The topological polar surface area (TPSA) is 69.6 Å². The van der Waals surface area contributed by atoms with Crippen LogP contribution in [-0.4, -0.2) is 41.1 Å². The number of nitrogens with one attached hydrogen (secondary N) is 1. The quantitative estimate of drug-likeness (QED) is 0.823. The van der Waals surface area contributed by atoms with E-state index in [1.54, 1.807) is 4.90 Å². The molecule has 0 spiro atoms. The van der Waals surface area contributed by atoms with Crippen molar-refractivity contribution in [3.8, 4) is 0 Å². The molecule has 5 heteroatoms. The normalized spacial score (nSPS) is 26.2. The number of hydrogen-bond donors (Lipinski definition) is 2. The summed E-state index contributed by atoms with van der Waals surface area (Å²) < 4.78 is 0. The molecule has 2 aliphatic rings. The third kappa shape index (κ3) is 3.61. The number of carbonyl (C=O) groups is 2. The summed E-state index contributed by atoms with van der Waals surface area (Å²) in [5, 5.41) is 12.0. The number of rotatable bonds is 3. The van der Waals surface area contributed by atoms with E-state index in [0.29, 0.717) is 25.4 Å². The highest BCUT2D eigenvalue weighted by molar-refractivity contribution is 5.77. The second-order valence-corrected chi connectivity index (χ2v) is 5.91. The van der Waals surface area contributed by atoms with Gasteiger partial charge in [-0.05, 0) is 32.1 Å². The van der Waals surface area contributed by atoms with Gasteiger partial charge in [0.15, 0.2) is 0 Å². The largest absolute Gasteiger partial charge is 0.481 e. The van der Waals surface area contributed by atoms with Crippen molar-refractivity contribution in [3.05, 3.63) is 0 Å². The first-order chi connectivity index (χ1) is 9.08. The Bertz CT molecular complexity index is 340. The Morgan fingerprint density at radius 3 is 2.47 bits per heavy atom. The van der Waals surface area contributed by atoms with Gasteiger partial charge in [-0.2, -0.15) is 0 Å². The maximum atomic E-state index is 12.1. The van der Waals surface area contributed by atoms with E-state index in [0.717, 1.165) is 0 Å². The van der Waals surface area contributed by atoms with E-state index in [9.17, 15) is 9.59 Å². The van der Waals surface area contributed by atoms with Gasteiger partial charge in [-0.1, -0.05) is 19.3 Å². The summed E-state index contributed by atoms with van der Waals surface area (Å²) in [6, 6.07) is 0.0958. The Morgan fingerprint density at radius 2 is 1.89 bits per heavy atom. The monoisotopic (exact) mass is 268 g/mol. The van der Waals surface area contributed by atoms with Crippen LogP contribution in [0.3, 0.4) is 0 Å². The number of carboxylic acid groups (broad SMARTS) is 1. The second-order valence-electron chi connectivity index (χ2n) is 5.91. The molecule has 0 radical (unpaired) electrons. The molecule has 2 unspecified atom stereocenters. The number of urea groups is 1. The van der Waals surface area contributed by atoms with Crippen molar-refractivity contribution < 1.29 is 14.7 Å². The molecule has 2 amide bonds. The van der Waals surface area contributed by atoms with Gasteiger partial charge in [-0.15, -0.1) is 0 Å². The number of amides is 2. The molecule has 0 aromatic carbocycles. The van der Waals surface area contributed by atoms with Crippen LogP contribution in [0.15, 0.2) is 0 Å². The summed E-state index contributed by atoms with van der Waals surface area (Å²) in [6.07, 6.45) is 6.79. The predicted molar refractivity (Wildman–Crippen MR) is 71.9 cm³/mol. The van der Waals surface area contributed by atoms with Crippen molar-refractivity contribution in [2.45, 2.75) is 51.5 Å². The highest BCUT2D eigenvalue weighted by Crippen LogP contribution is 2.26.